The van der Waals surface area contributed by atoms with Crippen LogP contribution in [0.15, 0.2) is 59.1 Å². The van der Waals surface area contributed by atoms with Crippen LogP contribution in [0, 0.1) is 0 Å². The van der Waals surface area contributed by atoms with Crippen LogP contribution in [0.2, 0.25) is 0 Å². The second kappa shape index (κ2) is 6.02. The summed E-state index contributed by atoms with van der Waals surface area (Å²) in [6.45, 7) is 5.61. The van der Waals surface area contributed by atoms with Gasteiger partial charge in [0.1, 0.15) is 0 Å². The van der Waals surface area contributed by atoms with Gasteiger partial charge in [-0.2, -0.15) is 0 Å². The molecular formula is C20H18BrNO2. The Labute approximate surface area is 150 Å². The molecule has 0 aromatic heterocycles. The van der Waals surface area contributed by atoms with E-state index in [-0.39, 0.29) is 11.8 Å². The van der Waals surface area contributed by atoms with E-state index in [4.69, 9.17) is 0 Å². The highest BCUT2D eigenvalue weighted by atomic mass is 79.9. The topological polar surface area (TPSA) is 37.4 Å². The maximum absolute atomic E-state index is 13.1. The molecule has 0 saturated carbocycles. The zero-order valence-corrected chi connectivity index (χ0v) is 15.4. The average Bonchev–Trinajstić information content (AvgIpc) is 2.79. The third-order valence-electron chi connectivity index (χ3n) is 3.96. The van der Waals surface area contributed by atoms with Gasteiger partial charge in [-0.1, -0.05) is 64.5 Å². The number of hydrogen-bond donors (Lipinski definition) is 0. The SMILES string of the molecule is CC(C)(C)N1C(=O)C(c2ccccc2)=C(c2ccccc2Br)C1=O. The Bertz CT molecular complexity index is 847. The molecule has 4 heteroatoms. The Morgan fingerprint density at radius 3 is 1.92 bits per heavy atom. The van der Waals surface area contributed by atoms with Crippen molar-refractivity contribution in [2.45, 2.75) is 26.3 Å². The third-order valence-corrected chi connectivity index (χ3v) is 4.65. The largest absolute Gasteiger partial charge is 0.269 e. The molecule has 0 bridgehead atoms. The maximum atomic E-state index is 13.1. The van der Waals surface area contributed by atoms with Gasteiger partial charge in [0.2, 0.25) is 0 Å². The fraction of sp³-hybridized carbons (Fsp3) is 0.200. The minimum atomic E-state index is -0.586. The fourth-order valence-electron chi connectivity index (χ4n) is 2.93. The summed E-state index contributed by atoms with van der Waals surface area (Å²) >= 11 is 3.51. The van der Waals surface area contributed by atoms with Crippen molar-refractivity contribution in [2.24, 2.45) is 0 Å². The van der Waals surface area contributed by atoms with E-state index in [1.54, 1.807) is 0 Å². The lowest BCUT2D eigenvalue weighted by atomic mass is 9.96. The minimum absolute atomic E-state index is 0.246. The number of imide groups is 1. The Kier molecular flexibility index (Phi) is 4.18. The van der Waals surface area contributed by atoms with Gasteiger partial charge in [0.05, 0.1) is 11.1 Å². The molecule has 0 fully saturated rings. The molecule has 0 aliphatic carbocycles. The Hall–Kier alpha value is -2.20. The predicted molar refractivity (Wildman–Crippen MR) is 99.0 cm³/mol. The van der Waals surface area contributed by atoms with Gasteiger partial charge >= 0.3 is 0 Å². The van der Waals surface area contributed by atoms with Gasteiger partial charge < -0.3 is 0 Å². The average molecular weight is 384 g/mol. The number of rotatable bonds is 2. The van der Waals surface area contributed by atoms with Crippen molar-refractivity contribution in [3.05, 3.63) is 70.2 Å². The lowest BCUT2D eigenvalue weighted by Crippen LogP contribution is -2.46. The van der Waals surface area contributed by atoms with Crippen molar-refractivity contribution in [2.75, 3.05) is 0 Å². The first kappa shape index (κ1) is 16.7. The predicted octanol–water partition coefficient (Wildman–Crippen LogP) is 4.53. The van der Waals surface area contributed by atoms with E-state index in [2.05, 4.69) is 15.9 Å². The van der Waals surface area contributed by atoms with Gasteiger partial charge in [-0.05, 0) is 32.4 Å². The van der Waals surface area contributed by atoms with Crippen molar-refractivity contribution in [1.82, 2.24) is 4.90 Å². The van der Waals surface area contributed by atoms with E-state index in [1.165, 1.54) is 4.90 Å². The quantitative estimate of drug-likeness (QED) is 0.714. The molecule has 3 nitrogen and oxygen atoms in total. The highest BCUT2D eigenvalue weighted by Gasteiger charge is 2.44. The molecule has 0 radical (unpaired) electrons. The molecule has 0 spiro atoms. The molecule has 3 rings (SSSR count). The Balaban J connectivity index is 2.29. The number of carbonyl (C=O) groups excluding carboxylic acids is 2. The first-order valence-electron chi connectivity index (χ1n) is 7.76. The van der Waals surface area contributed by atoms with E-state index < -0.39 is 5.54 Å². The summed E-state index contributed by atoms with van der Waals surface area (Å²) in [7, 11) is 0. The van der Waals surface area contributed by atoms with Crippen molar-refractivity contribution in [3.63, 3.8) is 0 Å². The number of hydrogen-bond acceptors (Lipinski definition) is 2. The van der Waals surface area contributed by atoms with Crippen molar-refractivity contribution in [3.8, 4) is 0 Å². The normalized spacial score (nSPS) is 15.4. The summed E-state index contributed by atoms with van der Waals surface area (Å²) in [5, 5.41) is 0. The third kappa shape index (κ3) is 2.71. The highest BCUT2D eigenvalue weighted by Crippen LogP contribution is 2.40. The molecular weight excluding hydrogens is 366 g/mol. The number of halogens is 1. The molecule has 2 aromatic carbocycles. The lowest BCUT2D eigenvalue weighted by Gasteiger charge is -2.30. The number of carbonyl (C=O) groups is 2. The van der Waals surface area contributed by atoms with Crippen molar-refractivity contribution in [1.29, 1.82) is 0 Å². The van der Waals surface area contributed by atoms with Crippen molar-refractivity contribution < 1.29 is 9.59 Å². The summed E-state index contributed by atoms with van der Waals surface area (Å²) in [6.07, 6.45) is 0. The van der Waals surface area contributed by atoms with Crippen LogP contribution in [-0.4, -0.2) is 22.3 Å². The summed E-state index contributed by atoms with van der Waals surface area (Å²) in [6, 6.07) is 16.9. The summed E-state index contributed by atoms with van der Waals surface area (Å²) in [5.74, 6) is -0.497. The van der Waals surface area contributed by atoms with Gasteiger partial charge in [-0.25, -0.2) is 0 Å². The van der Waals surface area contributed by atoms with Gasteiger partial charge in [-0.15, -0.1) is 0 Å². The van der Waals surface area contributed by atoms with Crippen LogP contribution in [-0.2, 0) is 9.59 Å². The molecule has 2 aromatic rings. The second-order valence-corrected chi connectivity index (χ2v) is 7.57. The van der Waals surface area contributed by atoms with Gasteiger partial charge in [0.25, 0.3) is 11.8 Å². The van der Waals surface area contributed by atoms with Gasteiger partial charge in [0, 0.05) is 15.6 Å². The monoisotopic (exact) mass is 383 g/mol. The summed E-state index contributed by atoms with van der Waals surface area (Å²) < 4.78 is 0.797. The van der Waals surface area contributed by atoms with E-state index in [0.717, 1.165) is 15.6 Å². The van der Waals surface area contributed by atoms with Crippen LogP contribution in [0.25, 0.3) is 11.1 Å². The molecule has 1 heterocycles. The lowest BCUT2D eigenvalue weighted by molar-refractivity contribution is -0.141. The zero-order valence-electron chi connectivity index (χ0n) is 13.8. The van der Waals surface area contributed by atoms with Crippen LogP contribution in [0.4, 0.5) is 0 Å². The van der Waals surface area contributed by atoms with Crippen molar-refractivity contribution >= 4 is 38.9 Å². The summed E-state index contributed by atoms with van der Waals surface area (Å²) in [5.41, 5.74) is 1.82. The van der Waals surface area contributed by atoms with E-state index >= 15 is 0 Å². The molecule has 1 aliphatic heterocycles. The maximum Gasteiger partial charge on any atom is 0.262 e. The zero-order chi connectivity index (χ0) is 17.5. The van der Waals surface area contributed by atoms with Gasteiger partial charge in [-0.3, -0.25) is 14.5 Å². The highest BCUT2D eigenvalue weighted by molar-refractivity contribution is 9.10. The number of amides is 2. The van der Waals surface area contributed by atoms with E-state index in [9.17, 15) is 9.59 Å². The number of benzene rings is 2. The smallest absolute Gasteiger partial charge is 0.262 e. The molecule has 1 aliphatic rings. The van der Waals surface area contributed by atoms with Crippen LogP contribution in [0.1, 0.15) is 31.9 Å². The van der Waals surface area contributed by atoms with Crippen LogP contribution < -0.4 is 0 Å². The van der Waals surface area contributed by atoms with E-state index in [1.807, 2.05) is 75.4 Å². The molecule has 0 atom stereocenters. The minimum Gasteiger partial charge on any atom is -0.269 e. The number of nitrogens with zero attached hydrogens (tertiary/aromatic N) is 1. The molecule has 24 heavy (non-hydrogen) atoms. The molecule has 0 unspecified atom stereocenters. The summed E-state index contributed by atoms with van der Waals surface area (Å²) in [4.78, 5) is 27.6. The second-order valence-electron chi connectivity index (χ2n) is 6.71. The van der Waals surface area contributed by atoms with Crippen LogP contribution in [0.5, 0.6) is 0 Å². The Morgan fingerprint density at radius 1 is 0.792 bits per heavy atom. The standard InChI is InChI=1S/C20H18BrNO2/c1-20(2,3)22-18(23)16(13-9-5-4-6-10-13)17(19(22)24)14-11-7-8-12-15(14)21/h4-12H,1-3H3. The molecule has 2 amide bonds. The first-order valence-corrected chi connectivity index (χ1v) is 8.55. The first-order chi connectivity index (χ1) is 11.3. The van der Waals surface area contributed by atoms with Crippen LogP contribution >= 0.6 is 15.9 Å². The van der Waals surface area contributed by atoms with Crippen LogP contribution in [0.3, 0.4) is 0 Å². The fourth-order valence-corrected chi connectivity index (χ4v) is 3.41. The molecule has 0 N–H and O–H groups in total. The Morgan fingerprint density at radius 2 is 1.33 bits per heavy atom. The molecule has 122 valence electrons. The molecule has 0 saturated heterocycles. The van der Waals surface area contributed by atoms with Gasteiger partial charge in [0.15, 0.2) is 0 Å². The van der Waals surface area contributed by atoms with E-state index in [0.29, 0.717) is 11.1 Å².